The second kappa shape index (κ2) is 3.70. The summed E-state index contributed by atoms with van der Waals surface area (Å²) in [6, 6.07) is 11.0. The van der Waals surface area contributed by atoms with Crippen LogP contribution in [0.5, 0.6) is 0 Å². The predicted octanol–water partition coefficient (Wildman–Crippen LogP) is 1.15. The third-order valence-corrected chi connectivity index (χ3v) is 2.03. The maximum atomic E-state index is 5.58. The minimum atomic E-state index is 0.219. The summed E-state index contributed by atoms with van der Waals surface area (Å²) in [6.45, 7) is 2.68. The number of hydrogen-bond donors (Lipinski definition) is 1. The van der Waals surface area contributed by atoms with Crippen LogP contribution in [0, 0.1) is 6.07 Å². The van der Waals surface area contributed by atoms with Crippen molar-refractivity contribution in [2.45, 2.75) is 6.10 Å². The number of benzene rings is 1. The van der Waals surface area contributed by atoms with Crippen molar-refractivity contribution in [1.82, 2.24) is 5.32 Å². The number of nitrogens with one attached hydrogen (secondary N) is 1. The quantitative estimate of drug-likeness (QED) is 0.668. The average Bonchev–Trinajstić information content (AvgIpc) is 2.21. The molecule has 12 heavy (non-hydrogen) atoms. The van der Waals surface area contributed by atoms with E-state index in [-0.39, 0.29) is 6.10 Å². The van der Waals surface area contributed by atoms with Crippen LogP contribution in [0.1, 0.15) is 11.7 Å². The van der Waals surface area contributed by atoms with Gasteiger partial charge in [-0.15, -0.1) is 0 Å². The number of ether oxygens (including phenoxy) is 1. The van der Waals surface area contributed by atoms with E-state index >= 15 is 0 Å². The van der Waals surface area contributed by atoms with Gasteiger partial charge >= 0.3 is 0 Å². The summed E-state index contributed by atoms with van der Waals surface area (Å²) in [6.07, 6.45) is 0.219. The lowest BCUT2D eigenvalue weighted by Crippen LogP contribution is -2.33. The molecule has 1 saturated heterocycles. The molecule has 1 aliphatic rings. The molecule has 63 valence electrons. The molecule has 1 aliphatic heterocycles. The van der Waals surface area contributed by atoms with Gasteiger partial charge in [-0.2, -0.15) is 0 Å². The fourth-order valence-electron chi connectivity index (χ4n) is 1.39. The monoisotopic (exact) mass is 162 g/mol. The molecule has 1 unspecified atom stereocenters. The largest absolute Gasteiger partial charge is 0.371 e. The predicted molar refractivity (Wildman–Crippen MR) is 46.8 cm³/mol. The van der Waals surface area contributed by atoms with Gasteiger partial charge in [0.2, 0.25) is 0 Å². The lowest BCUT2D eigenvalue weighted by molar-refractivity contribution is 0.0277. The van der Waals surface area contributed by atoms with Gasteiger partial charge < -0.3 is 10.1 Å². The van der Waals surface area contributed by atoms with Crippen molar-refractivity contribution in [3.8, 4) is 0 Å². The summed E-state index contributed by atoms with van der Waals surface area (Å²) in [5.41, 5.74) is 1.21. The highest BCUT2D eigenvalue weighted by molar-refractivity contribution is 5.17. The molecule has 1 heterocycles. The molecule has 1 atom stereocenters. The molecule has 2 rings (SSSR count). The summed E-state index contributed by atoms with van der Waals surface area (Å²) in [4.78, 5) is 0. The van der Waals surface area contributed by atoms with Crippen LogP contribution in [0.15, 0.2) is 24.3 Å². The first kappa shape index (κ1) is 7.77. The zero-order valence-corrected chi connectivity index (χ0v) is 6.92. The normalized spacial score (nSPS) is 23.8. The molecule has 1 aromatic carbocycles. The minimum Gasteiger partial charge on any atom is -0.371 e. The van der Waals surface area contributed by atoms with Crippen LogP contribution in [-0.4, -0.2) is 19.7 Å². The Balaban J connectivity index is 2.08. The minimum absolute atomic E-state index is 0.219. The molecular weight excluding hydrogens is 150 g/mol. The van der Waals surface area contributed by atoms with Gasteiger partial charge in [-0.25, -0.2) is 0 Å². The highest BCUT2D eigenvalue weighted by Gasteiger charge is 2.14. The van der Waals surface area contributed by atoms with E-state index in [4.69, 9.17) is 4.74 Å². The van der Waals surface area contributed by atoms with Crippen LogP contribution in [-0.2, 0) is 4.74 Å². The summed E-state index contributed by atoms with van der Waals surface area (Å²) in [5, 5.41) is 3.29. The molecule has 1 aromatic rings. The Morgan fingerprint density at radius 3 is 3.25 bits per heavy atom. The lowest BCUT2D eigenvalue weighted by atomic mass is 10.1. The Hall–Kier alpha value is -0.860. The Morgan fingerprint density at radius 2 is 2.58 bits per heavy atom. The smallest absolute Gasteiger partial charge is 0.0950 e. The molecule has 0 saturated carbocycles. The molecule has 2 nitrogen and oxygen atoms in total. The van der Waals surface area contributed by atoms with Crippen molar-refractivity contribution in [3.63, 3.8) is 0 Å². The van der Waals surface area contributed by atoms with Crippen LogP contribution in [0.2, 0.25) is 0 Å². The van der Waals surface area contributed by atoms with E-state index in [1.54, 1.807) is 0 Å². The van der Waals surface area contributed by atoms with Crippen molar-refractivity contribution in [1.29, 1.82) is 0 Å². The van der Waals surface area contributed by atoms with E-state index in [1.165, 1.54) is 5.56 Å². The van der Waals surface area contributed by atoms with E-state index < -0.39 is 0 Å². The van der Waals surface area contributed by atoms with Crippen molar-refractivity contribution in [3.05, 3.63) is 35.9 Å². The SMILES string of the molecule is [c]1cccc(C2CNCCO2)c1. The highest BCUT2D eigenvalue weighted by Crippen LogP contribution is 2.17. The van der Waals surface area contributed by atoms with Crippen LogP contribution < -0.4 is 5.32 Å². The van der Waals surface area contributed by atoms with Crippen molar-refractivity contribution in [2.75, 3.05) is 19.7 Å². The maximum Gasteiger partial charge on any atom is 0.0950 e. The van der Waals surface area contributed by atoms with E-state index in [9.17, 15) is 0 Å². The number of morpholine rings is 1. The van der Waals surface area contributed by atoms with Gasteiger partial charge in [-0.3, -0.25) is 0 Å². The first-order valence-electron chi connectivity index (χ1n) is 4.25. The number of hydrogen-bond acceptors (Lipinski definition) is 2. The van der Waals surface area contributed by atoms with Crippen LogP contribution in [0.3, 0.4) is 0 Å². The third-order valence-electron chi connectivity index (χ3n) is 2.03. The molecule has 1 radical (unpaired) electrons. The fourth-order valence-corrected chi connectivity index (χ4v) is 1.39. The fraction of sp³-hybridized carbons (Fsp3) is 0.400. The molecular formula is C10H12NO. The topological polar surface area (TPSA) is 21.3 Å². The summed E-state index contributed by atoms with van der Waals surface area (Å²) >= 11 is 0. The molecule has 0 aliphatic carbocycles. The zero-order valence-electron chi connectivity index (χ0n) is 6.92. The summed E-state index contributed by atoms with van der Waals surface area (Å²) < 4.78 is 5.58. The van der Waals surface area contributed by atoms with Gasteiger partial charge in [-0.05, 0) is 17.7 Å². The standard InChI is InChI=1S/C10H12NO/c1-2-4-9(5-3-1)10-8-11-6-7-12-10/h1-2,4-5,10-11H,6-8H2. The molecule has 0 amide bonds. The second-order valence-corrected chi connectivity index (χ2v) is 2.90. The first-order chi connectivity index (χ1) is 5.97. The van der Waals surface area contributed by atoms with Gasteiger partial charge in [0.1, 0.15) is 0 Å². The van der Waals surface area contributed by atoms with Crippen molar-refractivity contribution < 1.29 is 4.74 Å². The summed E-state index contributed by atoms with van der Waals surface area (Å²) in [5.74, 6) is 0. The Bertz CT molecular complexity index is 229. The molecule has 0 bridgehead atoms. The van der Waals surface area contributed by atoms with E-state index in [2.05, 4.69) is 17.4 Å². The molecule has 1 fully saturated rings. The van der Waals surface area contributed by atoms with Crippen LogP contribution in [0.4, 0.5) is 0 Å². The number of rotatable bonds is 1. The summed E-state index contributed by atoms with van der Waals surface area (Å²) in [7, 11) is 0. The maximum absolute atomic E-state index is 5.58. The second-order valence-electron chi connectivity index (χ2n) is 2.90. The van der Waals surface area contributed by atoms with Gasteiger partial charge in [0.15, 0.2) is 0 Å². The van der Waals surface area contributed by atoms with E-state index in [1.807, 2.05) is 18.2 Å². The Labute approximate surface area is 72.5 Å². The van der Waals surface area contributed by atoms with Gasteiger partial charge in [0.05, 0.1) is 12.7 Å². The van der Waals surface area contributed by atoms with Gasteiger partial charge in [0.25, 0.3) is 0 Å². The van der Waals surface area contributed by atoms with E-state index in [0.717, 1.165) is 19.7 Å². The average molecular weight is 162 g/mol. The Kier molecular flexibility index (Phi) is 2.39. The van der Waals surface area contributed by atoms with Crippen molar-refractivity contribution in [2.24, 2.45) is 0 Å². The van der Waals surface area contributed by atoms with Crippen LogP contribution in [0.25, 0.3) is 0 Å². The third kappa shape index (κ3) is 1.65. The lowest BCUT2D eigenvalue weighted by Gasteiger charge is -2.23. The molecule has 1 N–H and O–H groups in total. The molecule has 0 spiro atoms. The molecule has 0 aromatic heterocycles. The van der Waals surface area contributed by atoms with Gasteiger partial charge in [0, 0.05) is 13.1 Å². The first-order valence-corrected chi connectivity index (χ1v) is 4.25. The van der Waals surface area contributed by atoms with Crippen LogP contribution >= 0.6 is 0 Å². The van der Waals surface area contributed by atoms with Crippen molar-refractivity contribution >= 4 is 0 Å². The van der Waals surface area contributed by atoms with Gasteiger partial charge in [-0.1, -0.05) is 18.2 Å². The highest BCUT2D eigenvalue weighted by atomic mass is 16.5. The molecule has 2 heteroatoms. The Morgan fingerprint density at radius 1 is 1.58 bits per heavy atom. The van der Waals surface area contributed by atoms with E-state index in [0.29, 0.717) is 0 Å². The zero-order chi connectivity index (χ0) is 8.23.